The second kappa shape index (κ2) is 4.34. The first-order valence-electron chi connectivity index (χ1n) is 6.65. The van der Waals surface area contributed by atoms with Gasteiger partial charge in [-0.05, 0) is 32.2 Å². The van der Waals surface area contributed by atoms with Crippen LogP contribution < -0.4 is 5.32 Å². The van der Waals surface area contributed by atoms with E-state index in [1.54, 1.807) is 0 Å². The Morgan fingerprint density at radius 3 is 2.75 bits per heavy atom. The molecule has 1 saturated carbocycles. The monoisotopic (exact) mass is 223 g/mol. The fourth-order valence-electron chi connectivity index (χ4n) is 3.00. The Labute approximate surface area is 96.9 Å². The number of nitrogens with zero attached hydrogens (tertiary/aromatic N) is 2. The SMILES string of the molecule is O=C1CCN(C2CCC2)N1CC1CCCN1. The first-order valence-corrected chi connectivity index (χ1v) is 6.65. The smallest absolute Gasteiger partial charge is 0.238 e. The normalized spacial score (nSPS) is 32.4. The molecule has 0 radical (unpaired) electrons. The molecule has 1 unspecified atom stereocenters. The maximum absolute atomic E-state index is 11.9. The average molecular weight is 223 g/mol. The van der Waals surface area contributed by atoms with Crippen molar-refractivity contribution < 1.29 is 4.79 Å². The van der Waals surface area contributed by atoms with E-state index in [9.17, 15) is 4.79 Å². The van der Waals surface area contributed by atoms with Crippen LogP contribution in [0, 0.1) is 0 Å². The van der Waals surface area contributed by atoms with Gasteiger partial charge in [-0.2, -0.15) is 0 Å². The zero-order valence-corrected chi connectivity index (χ0v) is 9.82. The largest absolute Gasteiger partial charge is 0.312 e. The van der Waals surface area contributed by atoms with Gasteiger partial charge in [-0.15, -0.1) is 0 Å². The van der Waals surface area contributed by atoms with Crippen LogP contribution in [0.2, 0.25) is 0 Å². The lowest BCUT2D eigenvalue weighted by Gasteiger charge is -2.40. The zero-order valence-electron chi connectivity index (χ0n) is 9.82. The van der Waals surface area contributed by atoms with Gasteiger partial charge in [-0.25, -0.2) is 5.01 Å². The van der Waals surface area contributed by atoms with E-state index in [-0.39, 0.29) is 0 Å². The topological polar surface area (TPSA) is 35.6 Å². The molecular formula is C12H21N3O. The summed E-state index contributed by atoms with van der Waals surface area (Å²) in [6, 6.07) is 1.19. The van der Waals surface area contributed by atoms with Gasteiger partial charge in [0.15, 0.2) is 0 Å². The molecule has 0 aromatic heterocycles. The molecule has 90 valence electrons. The highest BCUT2D eigenvalue weighted by molar-refractivity contribution is 5.77. The average Bonchev–Trinajstić information content (AvgIpc) is 2.80. The summed E-state index contributed by atoms with van der Waals surface area (Å²) < 4.78 is 0. The number of hydrogen-bond acceptors (Lipinski definition) is 3. The number of amides is 1. The molecule has 1 amide bonds. The van der Waals surface area contributed by atoms with Crippen molar-refractivity contribution in [2.45, 2.75) is 50.6 Å². The van der Waals surface area contributed by atoms with Crippen molar-refractivity contribution in [1.82, 2.24) is 15.3 Å². The van der Waals surface area contributed by atoms with E-state index in [1.807, 2.05) is 5.01 Å². The Morgan fingerprint density at radius 2 is 2.12 bits per heavy atom. The summed E-state index contributed by atoms with van der Waals surface area (Å²) in [5.74, 6) is 0.334. The van der Waals surface area contributed by atoms with Crippen LogP contribution in [0.1, 0.15) is 38.5 Å². The molecule has 2 aliphatic heterocycles. The second-order valence-corrected chi connectivity index (χ2v) is 5.27. The minimum absolute atomic E-state index is 0.334. The number of hydrogen-bond donors (Lipinski definition) is 1. The first kappa shape index (κ1) is 10.5. The highest BCUT2D eigenvalue weighted by atomic mass is 16.2. The minimum Gasteiger partial charge on any atom is -0.312 e. The van der Waals surface area contributed by atoms with Crippen LogP contribution in [-0.2, 0) is 4.79 Å². The summed E-state index contributed by atoms with van der Waals surface area (Å²) in [7, 11) is 0. The molecule has 3 fully saturated rings. The van der Waals surface area contributed by atoms with Crippen molar-refractivity contribution in [1.29, 1.82) is 0 Å². The zero-order chi connectivity index (χ0) is 11.0. The van der Waals surface area contributed by atoms with Crippen molar-refractivity contribution in [2.75, 3.05) is 19.6 Å². The summed E-state index contributed by atoms with van der Waals surface area (Å²) in [5, 5.41) is 7.85. The predicted octanol–water partition coefficient (Wildman–Crippen LogP) is 0.740. The van der Waals surface area contributed by atoms with Gasteiger partial charge in [0, 0.05) is 25.0 Å². The number of hydrazine groups is 1. The van der Waals surface area contributed by atoms with Crippen molar-refractivity contribution >= 4 is 5.91 Å². The van der Waals surface area contributed by atoms with Gasteiger partial charge in [-0.3, -0.25) is 9.80 Å². The van der Waals surface area contributed by atoms with Crippen LogP contribution in [0.5, 0.6) is 0 Å². The van der Waals surface area contributed by atoms with Crippen molar-refractivity contribution in [3.63, 3.8) is 0 Å². The van der Waals surface area contributed by atoms with E-state index in [2.05, 4.69) is 10.3 Å². The van der Waals surface area contributed by atoms with Gasteiger partial charge in [0.25, 0.3) is 0 Å². The Hall–Kier alpha value is -0.610. The number of carbonyl (C=O) groups excluding carboxylic acids is 1. The molecule has 4 nitrogen and oxygen atoms in total. The molecule has 1 aliphatic carbocycles. The number of rotatable bonds is 3. The third kappa shape index (κ3) is 1.84. The summed E-state index contributed by atoms with van der Waals surface area (Å²) in [6.45, 7) is 2.97. The quantitative estimate of drug-likeness (QED) is 0.766. The molecule has 3 rings (SSSR count). The molecule has 4 heteroatoms. The highest BCUT2D eigenvalue weighted by Gasteiger charge is 2.37. The van der Waals surface area contributed by atoms with E-state index in [0.717, 1.165) is 26.1 Å². The summed E-state index contributed by atoms with van der Waals surface area (Å²) >= 11 is 0. The van der Waals surface area contributed by atoms with Crippen LogP contribution in [0.25, 0.3) is 0 Å². The van der Waals surface area contributed by atoms with Gasteiger partial charge >= 0.3 is 0 Å². The molecule has 0 aromatic carbocycles. The van der Waals surface area contributed by atoms with Gasteiger partial charge < -0.3 is 5.32 Å². The second-order valence-electron chi connectivity index (χ2n) is 5.27. The lowest BCUT2D eigenvalue weighted by molar-refractivity contribution is -0.144. The maximum Gasteiger partial charge on any atom is 0.238 e. The van der Waals surface area contributed by atoms with Gasteiger partial charge in [-0.1, -0.05) is 6.42 Å². The van der Waals surface area contributed by atoms with Crippen LogP contribution in [0.4, 0.5) is 0 Å². The summed E-state index contributed by atoms with van der Waals surface area (Å²) in [4.78, 5) is 11.9. The van der Waals surface area contributed by atoms with Crippen LogP contribution >= 0.6 is 0 Å². The molecule has 0 spiro atoms. The predicted molar refractivity (Wildman–Crippen MR) is 61.7 cm³/mol. The fraction of sp³-hybridized carbons (Fsp3) is 0.917. The molecule has 1 atom stereocenters. The summed E-state index contributed by atoms with van der Waals surface area (Å²) in [5.41, 5.74) is 0. The first-order chi connectivity index (χ1) is 7.84. The lowest BCUT2D eigenvalue weighted by atomic mass is 9.92. The molecule has 2 saturated heterocycles. The van der Waals surface area contributed by atoms with Gasteiger partial charge in [0.1, 0.15) is 0 Å². The molecule has 1 N–H and O–H groups in total. The van der Waals surface area contributed by atoms with Crippen molar-refractivity contribution in [2.24, 2.45) is 0 Å². The van der Waals surface area contributed by atoms with E-state index >= 15 is 0 Å². The third-order valence-electron chi connectivity index (χ3n) is 4.20. The number of nitrogens with one attached hydrogen (secondary N) is 1. The Morgan fingerprint density at radius 1 is 1.25 bits per heavy atom. The van der Waals surface area contributed by atoms with Gasteiger partial charge in [0.05, 0.1) is 6.54 Å². The van der Waals surface area contributed by atoms with Crippen molar-refractivity contribution in [3.8, 4) is 0 Å². The molecule has 0 bridgehead atoms. The molecule has 3 aliphatic rings. The third-order valence-corrected chi connectivity index (χ3v) is 4.20. The maximum atomic E-state index is 11.9. The Kier molecular flexibility index (Phi) is 2.86. The van der Waals surface area contributed by atoms with Gasteiger partial charge in [0.2, 0.25) is 5.91 Å². The van der Waals surface area contributed by atoms with Crippen LogP contribution in [0.3, 0.4) is 0 Å². The lowest BCUT2D eigenvalue weighted by Crippen LogP contribution is -2.51. The van der Waals surface area contributed by atoms with E-state index in [4.69, 9.17) is 0 Å². The molecule has 0 aromatic rings. The standard InChI is InChI=1S/C12H21N3O/c16-12-6-8-14(11-4-1-5-11)15(12)9-10-3-2-7-13-10/h10-11,13H,1-9H2. The minimum atomic E-state index is 0.334. The fourth-order valence-corrected chi connectivity index (χ4v) is 3.00. The van der Waals surface area contributed by atoms with E-state index in [0.29, 0.717) is 18.0 Å². The molecule has 2 heterocycles. The van der Waals surface area contributed by atoms with E-state index in [1.165, 1.54) is 32.1 Å². The van der Waals surface area contributed by atoms with E-state index < -0.39 is 0 Å². The number of carbonyl (C=O) groups is 1. The van der Waals surface area contributed by atoms with Crippen LogP contribution in [-0.4, -0.2) is 47.6 Å². The highest BCUT2D eigenvalue weighted by Crippen LogP contribution is 2.29. The summed E-state index contributed by atoms with van der Waals surface area (Å²) in [6.07, 6.45) is 7.11. The Bertz CT molecular complexity index is 271. The van der Waals surface area contributed by atoms with Crippen molar-refractivity contribution in [3.05, 3.63) is 0 Å². The van der Waals surface area contributed by atoms with Crippen LogP contribution in [0.15, 0.2) is 0 Å². The molecule has 16 heavy (non-hydrogen) atoms. The molecular weight excluding hydrogens is 202 g/mol. The Balaban J connectivity index is 1.62.